The number of hydrogen-bond acceptors (Lipinski definition) is 7. The van der Waals surface area contributed by atoms with Crippen LogP contribution in [0.15, 0.2) is 24.3 Å². The van der Waals surface area contributed by atoms with E-state index < -0.39 is 10.0 Å². The molecule has 1 fully saturated rings. The van der Waals surface area contributed by atoms with Gasteiger partial charge < -0.3 is 14.5 Å². The van der Waals surface area contributed by atoms with Crippen LogP contribution >= 0.6 is 11.3 Å². The first-order valence-corrected chi connectivity index (χ1v) is 11.1. The molecule has 0 radical (unpaired) electrons. The van der Waals surface area contributed by atoms with Crippen molar-refractivity contribution in [3.63, 3.8) is 0 Å². The van der Waals surface area contributed by atoms with Gasteiger partial charge in [0.05, 0.1) is 24.7 Å². The number of methoxy groups -OCH3 is 1. The molecule has 3 rings (SSSR count). The fourth-order valence-corrected chi connectivity index (χ4v) is 4.75. The zero-order valence-electron chi connectivity index (χ0n) is 15.4. The summed E-state index contributed by atoms with van der Waals surface area (Å²) in [4.78, 5) is 21.4. The van der Waals surface area contributed by atoms with Gasteiger partial charge in [-0.25, -0.2) is 13.4 Å². The molecule has 1 aromatic carbocycles. The van der Waals surface area contributed by atoms with Crippen molar-refractivity contribution in [2.24, 2.45) is 0 Å². The summed E-state index contributed by atoms with van der Waals surface area (Å²) in [7, 11) is -1.78. The predicted molar refractivity (Wildman–Crippen MR) is 106 cm³/mol. The minimum atomic E-state index is -3.42. The largest absolute Gasteiger partial charge is 0.495 e. The lowest BCUT2D eigenvalue weighted by molar-refractivity contribution is 0.0750. The summed E-state index contributed by atoms with van der Waals surface area (Å²) in [6.45, 7) is 4.24. The summed E-state index contributed by atoms with van der Waals surface area (Å²) in [6, 6.07) is 7.82. The van der Waals surface area contributed by atoms with Crippen LogP contribution in [0, 0.1) is 6.92 Å². The fourth-order valence-electron chi connectivity index (χ4n) is 2.98. The molecule has 0 bridgehead atoms. The van der Waals surface area contributed by atoms with Crippen molar-refractivity contribution >= 4 is 38.1 Å². The highest BCUT2D eigenvalue weighted by molar-refractivity contribution is 7.92. The number of sulfonamides is 1. The Morgan fingerprint density at radius 1 is 1.22 bits per heavy atom. The normalized spacial score (nSPS) is 14.9. The zero-order valence-corrected chi connectivity index (χ0v) is 17.1. The standard InChI is InChI=1S/C17H22N4O4S2/c1-12-15(26-17(18-12)19-27(3,23)24)16(22)21-10-8-20(9-11-21)13-6-4-5-7-14(13)25-2/h4-7H,8-11H2,1-3H3,(H,18,19). The molecular formula is C17H22N4O4S2. The summed E-state index contributed by atoms with van der Waals surface area (Å²) >= 11 is 1.07. The van der Waals surface area contributed by atoms with Crippen molar-refractivity contribution in [3.05, 3.63) is 34.8 Å². The van der Waals surface area contributed by atoms with Crippen LogP contribution in [0.2, 0.25) is 0 Å². The summed E-state index contributed by atoms with van der Waals surface area (Å²) in [5.74, 6) is 0.693. The van der Waals surface area contributed by atoms with Gasteiger partial charge in [-0.2, -0.15) is 0 Å². The van der Waals surface area contributed by atoms with Gasteiger partial charge in [-0.1, -0.05) is 23.5 Å². The Balaban J connectivity index is 1.68. The molecule has 1 aromatic heterocycles. The number of amides is 1. The van der Waals surface area contributed by atoms with E-state index in [1.165, 1.54) is 0 Å². The summed E-state index contributed by atoms with van der Waals surface area (Å²) in [5, 5.41) is 0.214. The smallest absolute Gasteiger partial charge is 0.266 e. The Kier molecular flexibility index (Phi) is 5.56. The topological polar surface area (TPSA) is 91.8 Å². The third-order valence-corrected chi connectivity index (χ3v) is 6.01. The fraction of sp³-hybridized carbons (Fsp3) is 0.412. The van der Waals surface area contributed by atoms with Crippen molar-refractivity contribution < 1.29 is 17.9 Å². The monoisotopic (exact) mass is 410 g/mol. The van der Waals surface area contributed by atoms with Gasteiger partial charge in [-0.05, 0) is 19.1 Å². The minimum Gasteiger partial charge on any atom is -0.495 e. The quantitative estimate of drug-likeness (QED) is 0.808. The molecule has 1 aliphatic rings. The molecule has 146 valence electrons. The van der Waals surface area contributed by atoms with E-state index in [1.54, 1.807) is 18.9 Å². The third kappa shape index (κ3) is 4.51. The van der Waals surface area contributed by atoms with Crippen molar-refractivity contribution in [2.75, 3.05) is 49.2 Å². The van der Waals surface area contributed by atoms with Crippen LogP contribution < -0.4 is 14.4 Å². The lowest BCUT2D eigenvalue weighted by Gasteiger charge is -2.36. The van der Waals surface area contributed by atoms with E-state index >= 15 is 0 Å². The minimum absolute atomic E-state index is 0.119. The van der Waals surface area contributed by atoms with E-state index in [4.69, 9.17) is 4.74 Å². The van der Waals surface area contributed by atoms with Gasteiger partial charge in [-0.3, -0.25) is 9.52 Å². The zero-order chi connectivity index (χ0) is 19.6. The number of carbonyl (C=O) groups is 1. The van der Waals surface area contributed by atoms with E-state index in [2.05, 4.69) is 14.6 Å². The molecule has 0 spiro atoms. The molecule has 1 saturated heterocycles. The second-order valence-corrected chi connectivity index (χ2v) is 9.01. The average Bonchev–Trinajstić information content (AvgIpc) is 2.99. The first-order valence-electron chi connectivity index (χ1n) is 8.41. The molecule has 8 nitrogen and oxygen atoms in total. The predicted octanol–water partition coefficient (Wildman–Crippen LogP) is 1.79. The first kappa shape index (κ1) is 19.4. The van der Waals surface area contributed by atoms with Crippen LogP contribution in [-0.2, 0) is 10.0 Å². The summed E-state index contributed by atoms with van der Waals surface area (Å²) in [6.07, 6.45) is 1.06. The summed E-state index contributed by atoms with van der Waals surface area (Å²) < 4.78 is 30.5. The number of para-hydroxylation sites is 2. The number of anilines is 2. The lowest BCUT2D eigenvalue weighted by Crippen LogP contribution is -2.48. The van der Waals surface area contributed by atoms with E-state index in [0.29, 0.717) is 36.8 Å². The number of rotatable bonds is 5. The number of hydrogen-bond donors (Lipinski definition) is 1. The van der Waals surface area contributed by atoms with Gasteiger partial charge in [-0.15, -0.1) is 0 Å². The molecule has 2 aromatic rings. The maximum atomic E-state index is 12.8. The third-order valence-electron chi connectivity index (χ3n) is 4.26. The van der Waals surface area contributed by atoms with Gasteiger partial charge in [0.25, 0.3) is 5.91 Å². The molecule has 0 atom stereocenters. The summed E-state index contributed by atoms with van der Waals surface area (Å²) in [5.41, 5.74) is 1.55. The average molecular weight is 411 g/mol. The number of aromatic nitrogens is 1. The second-order valence-electron chi connectivity index (χ2n) is 6.26. The molecule has 0 aliphatic carbocycles. The molecule has 27 heavy (non-hydrogen) atoms. The Hall–Kier alpha value is -2.33. The Labute approximate surface area is 162 Å². The number of thiazole rings is 1. The van der Waals surface area contributed by atoms with Gasteiger partial charge in [0.15, 0.2) is 5.13 Å². The number of ether oxygens (including phenoxy) is 1. The number of carbonyl (C=O) groups excluding carboxylic acids is 1. The molecule has 0 saturated carbocycles. The molecule has 10 heteroatoms. The van der Waals surface area contributed by atoms with Gasteiger partial charge in [0, 0.05) is 26.2 Å². The van der Waals surface area contributed by atoms with Crippen LogP contribution in [0.1, 0.15) is 15.4 Å². The van der Waals surface area contributed by atoms with Gasteiger partial charge in [0.2, 0.25) is 10.0 Å². The van der Waals surface area contributed by atoms with E-state index in [-0.39, 0.29) is 11.0 Å². The Bertz CT molecular complexity index is 934. The van der Waals surface area contributed by atoms with Crippen molar-refractivity contribution in [1.82, 2.24) is 9.88 Å². The molecule has 1 amide bonds. The SMILES string of the molecule is COc1ccccc1N1CCN(C(=O)c2sc(NS(C)(=O)=O)nc2C)CC1. The second kappa shape index (κ2) is 7.73. The molecule has 1 N–H and O–H groups in total. The van der Waals surface area contributed by atoms with Gasteiger partial charge >= 0.3 is 0 Å². The van der Waals surface area contributed by atoms with Crippen molar-refractivity contribution in [1.29, 1.82) is 0 Å². The molecule has 0 unspecified atom stereocenters. The van der Waals surface area contributed by atoms with Crippen LogP contribution in [0.5, 0.6) is 5.75 Å². The van der Waals surface area contributed by atoms with Crippen LogP contribution in [0.3, 0.4) is 0 Å². The highest BCUT2D eigenvalue weighted by Gasteiger charge is 2.26. The molecule has 1 aliphatic heterocycles. The number of aryl methyl sites for hydroxylation is 1. The maximum Gasteiger partial charge on any atom is 0.266 e. The van der Waals surface area contributed by atoms with E-state index in [9.17, 15) is 13.2 Å². The van der Waals surface area contributed by atoms with Crippen LogP contribution in [0.25, 0.3) is 0 Å². The highest BCUT2D eigenvalue weighted by Crippen LogP contribution is 2.29. The highest BCUT2D eigenvalue weighted by atomic mass is 32.2. The van der Waals surface area contributed by atoms with Crippen LogP contribution in [-0.4, -0.2) is 63.8 Å². The van der Waals surface area contributed by atoms with Gasteiger partial charge in [0.1, 0.15) is 10.6 Å². The Morgan fingerprint density at radius 3 is 2.52 bits per heavy atom. The van der Waals surface area contributed by atoms with Crippen molar-refractivity contribution in [3.8, 4) is 5.75 Å². The molecular weight excluding hydrogens is 388 g/mol. The number of piperazine rings is 1. The molecule has 2 heterocycles. The van der Waals surface area contributed by atoms with E-state index in [1.807, 2.05) is 24.3 Å². The Morgan fingerprint density at radius 2 is 1.89 bits per heavy atom. The number of benzene rings is 1. The van der Waals surface area contributed by atoms with Crippen LogP contribution in [0.4, 0.5) is 10.8 Å². The number of nitrogens with one attached hydrogen (secondary N) is 1. The van der Waals surface area contributed by atoms with E-state index in [0.717, 1.165) is 29.0 Å². The number of nitrogens with zero attached hydrogens (tertiary/aromatic N) is 3. The lowest BCUT2D eigenvalue weighted by atomic mass is 10.2. The first-order chi connectivity index (χ1) is 12.8. The maximum absolute atomic E-state index is 12.8. The van der Waals surface area contributed by atoms with Crippen molar-refractivity contribution in [2.45, 2.75) is 6.92 Å².